The smallest absolute Gasteiger partial charge is 0.319 e. The fraction of sp³-hybridized carbons (Fsp3) is 0.381. The van der Waals surface area contributed by atoms with Crippen LogP contribution in [-0.4, -0.2) is 38.4 Å². The van der Waals surface area contributed by atoms with Gasteiger partial charge in [0.25, 0.3) is 0 Å². The summed E-state index contributed by atoms with van der Waals surface area (Å²) in [5, 5.41) is 5.32. The molecule has 0 atom stereocenters. The second kappa shape index (κ2) is 9.76. The van der Waals surface area contributed by atoms with Crippen molar-refractivity contribution in [3.05, 3.63) is 58.9 Å². The zero-order valence-electron chi connectivity index (χ0n) is 16.7. The van der Waals surface area contributed by atoms with Crippen molar-refractivity contribution in [1.82, 2.24) is 9.62 Å². The normalized spacial score (nSPS) is 15.7. The number of aryl methyl sites for hydroxylation is 1. The van der Waals surface area contributed by atoms with Gasteiger partial charge in [-0.1, -0.05) is 29.3 Å². The minimum Gasteiger partial charge on any atom is -0.338 e. The van der Waals surface area contributed by atoms with Crippen molar-refractivity contribution in [3.63, 3.8) is 0 Å². The Labute approximate surface area is 181 Å². The SMILES string of the molecule is Cc1ccc(S(=O)(=O)N2CCC(CCNC(=O)Nc3ccc(F)c(Cl)c3)CC2)cc1. The predicted molar refractivity (Wildman–Crippen MR) is 116 cm³/mol. The van der Waals surface area contributed by atoms with Crippen LogP contribution in [0.15, 0.2) is 47.4 Å². The summed E-state index contributed by atoms with van der Waals surface area (Å²) in [5.74, 6) is -0.201. The molecule has 0 saturated carbocycles. The van der Waals surface area contributed by atoms with Crippen molar-refractivity contribution in [3.8, 4) is 0 Å². The van der Waals surface area contributed by atoms with Crippen molar-refractivity contribution < 1.29 is 17.6 Å². The monoisotopic (exact) mass is 453 g/mol. The maximum absolute atomic E-state index is 13.2. The van der Waals surface area contributed by atoms with Crippen LogP contribution in [0, 0.1) is 18.7 Å². The number of hydrogen-bond donors (Lipinski definition) is 2. The standard InChI is InChI=1S/C21H25ClFN3O3S/c1-15-2-5-18(6-3-15)30(28,29)26-12-9-16(10-13-26)8-11-24-21(27)25-17-4-7-20(23)19(22)14-17/h2-7,14,16H,8-13H2,1H3,(H2,24,25,27). The molecule has 3 rings (SSSR count). The number of benzene rings is 2. The van der Waals surface area contributed by atoms with E-state index in [0.29, 0.717) is 36.1 Å². The molecule has 0 radical (unpaired) electrons. The third-order valence-corrected chi connectivity index (χ3v) is 7.45. The van der Waals surface area contributed by atoms with E-state index in [0.717, 1.165) is 24.8 Å². The van der Waals surface area contributed by atoms with Crippen LogP contribution in [0.3, 0.4) is 0 Å². The minimum atomic E-state index is -3.46. The van der Waals surface area contributed by atoms with Gasteiger partial charge in [-0.15, -0.1) is 0 Å². The molecular weight excluding hydrogens is 429 g/mol. The van der Waals surface area contributed by atoms with E-state index in [1.807, 2.05) is 6.92 Å². The Morgan fingerprint density at radius 3 is 2.47 bits per heavy atom. The second-order valence-electron chi connectivity index (χ2n) is 7.46. The molecule has 0 aromatic heterocycles. The highest BCUT2D eigenvalue weighted by molar-refractivity contribution is 7.89. The lowest BCUT2D eigenvalue weighted by atomic mass is 9.95. The largest absolute Gasteiger partial charge is 0.338 e. The first-order chi connectivity index (χ1) is 14.3. The number of piperidine rings is 1. The van der Waals surface area contributed by atoms with Crippen LogP contribution in [0.1, 0.15) is 24.8 Å². The van der Waals surface area contributed by atoms with Gasteiger partial charge in [-0.2, -0.15) is 4.31 Å². The van der Waals surface area contributed by atoms with Gasteiger partial charge in [0.05, 0.1) is 9.92 Å². The Morgan fingerprint density at radius 1 is 1.17 bits per heavy atom. The molecule has 1 heterocycles. The number of nitrogens with zero attached hydrogens (tertiary/aromatic N) is 1. The Bertz CT molecular complexity index is 991. The van der Waals surface area contributed by atoms with Crippen LogP contribution in [0.5, 0.6) is 0 Å². The Morgan fingerprint density at radius 2 is 1.83 bits per heavy atom. The van der Waals surface area contributed by atoms with Crippen LogP contribution in [-0.2, 0) is 10.0 Å². The van der Waals surface area contributed by atoms with Gasteiger partial charge >= 0.3 is 6.03 Å². The molecule has 1 aliphatic heterocycles. The summed E-state index contributed by atoms with van der Waals surface area (Å²) in [7, 11) is -3.46. The number of nitrogens with one attached hydrogen (secondary N) is 2. The fourth-order valence-electron chi connectivity index (χ4n) is 3.44. The summed E-state index contributed by atoms with van der Waals surface area (Å²) in [4.78, 5) is 12.3. The van der Waals surface area contributed by atoms with Gasteiger partial charge in [-0.05, 0) is 62.4 Å². The maximum Gasteiger partial charge on any atom is 0.319 e. The zero-order valence-corrected chi connectivity index (χ0v) is 18.3. The maximum atomic E-state index is 13.2. The average Bonchev–Trinajstić information content (AvgIpc) is 2.71. The van der Waals surface area contributed by atoms with Gasteiger partial charge < -0.3 is 10.6 Å². The summed E-state index contributed by atoms with van der Waals surface area (Å²) < 4.78 is 40.2. The summed E-state index contributed by atoms with van der Waals surface area (Å²) >= 11 is 5.70. The van der Waals surface area contributed by atoms with Gasteiger partial charge in [0.15, 0.2) is 0 Å². The molecule has 0 spiro atoms. The van der Waals surface area contributed by atoms with Gasteiger partial charge in [0.2, 0.25) is 10.0 Å². The molecule has 1 fully saturated rings. The number of sulfonamides is 1. The van der Waals surface area contributed by atoms with E-state index in [2.05, 4.69) is 10.6 Å². The number of anilines is 1. The molecule has 2 N–H and O–H groups in total. The van der Waals surface area contributed by atoms with Crippen LogP contribution in [0.2, 0.25) is 5.02 Å². The second-order valence-corrected chi connectivity index (χ2v) is 9.80. The summed E-state index contributed by atoms with van der Waals surface area (Å²) in [6, 6.07) is 10.5. The molecule has 2 aromatic carbocycles. The van der Waals surface area contributed by atoms with E-state index in [9.17, 15) is 17.6 Å². The molecule has 1 saturated heterocycles. The fourth-order valence-corrected chi connectivity index (χ4v) is 5.09. The van der Waals surface area contributed by atoms with Gasteiger partial charge in [-0.3, -0.25) is 0 Å². The molecule has 0 unspecified atom stereocenters. The van der Waals surface area contributed by atoms with E-state index in [1.54, 1.807) is 24.3 Å². The molecule has 1 aliphatic rings. The van der Waals surface area contributed by atoms with Crippen molar-refractivity contribution in [2.45, 2.75) is 31.1 Å². The lowest BCUT2D eigenvalue weighted by Gasteiger charge is -2.31. The first kappa shape index (κ1) is 22.5. The molecule has 2 amide bonds. The van der Waals surface area contributed by atoms with Crippen molar-refractivity contribution in [2.75, 3.05) is 25.0 Å². The van der Waals surface area contributed by atoms with Crippen molar-refractivity contribution >= 4 is 33.3 Å². The Balaban J connectivity index is 1.42. The molecule has 162 valence electrons. The summed E-state index contributed by atoms with van der Waals surface area (Å²) in [5.41, 5.74) is 1.43. The van der Waals surface area contributed by atoms with E-state index in [4.69, 9.17) is 11.6 Å². The van der Waals surface area contributed by atoms with Gasteiger partial charge in [-0.25, -0.2) is 17.6 Å². The molecule has 2 aromatic rings. The average molecular weight is 454 g/mol. The van der Waals surface area contributed by atoms with E-state index >= 15 is 0 Å². The quantitative estimate of drug-likeness (QED) is 0.680. The highest BCUT2D eigenvalue weighted by Gasteiger charge is 2.29. The minimum absolute atomic E-state index is 0.0554. The van der Waals surface area contributed by atoms with E-state index in [-0.39, 0.29) is 5.02 Å². The number of halogens is 2. The van der Waals surface area contributed by atoms with Crippen molar-refractivity contribution in [1.29, 1.82) is 0 Å². The number of amides is 2. The predicted octanol–water partition coefficient (Wildman–Crippen LogP) is 4.40. The topological polar surface area (TPSA) is 78.5 Å². The summed E-state index contributed by atoms with van der Waals surface area (Å²) in [6.07, 6.45) is 2.26. The van der Waals surface area contributed by atoms with Crippen LogP contribution in [0.25, 0.3) is 0 Å². The Kier molecular flexibility index (Phi) is 7.33. The first-order valence-corrected chi connectivity index (χ1v) is 11.6. The van der Waals surface area contributed by atoms with Crippen LogP contribution in [0.4, 0.5) is 14.9 Å². The molecule has 6 nitrogen and oxygen atoms in total. The molecular formula is C21H25ClFN3O3S. The number of rotatable bonds is 6. The summed E-state index contributed by atoms with van der Waals surface area (Å²) in [6.45, 7) is 3.34. The number of urea groups is 1. The first-order valence-electron chi connectivity index (χ1n) is 9.82. The third kappa shape index (κ3) is 5.71. The van der Waals surface area contributed by atoms with Crippen LogP contribution >= 0.6 is 11.6 Å². The lowest BCUT2D eigenvalue weighted by Crippen LogP contribution is -2.39. The Hall–Kier alpha value is -2.16. The number of carbonyl (C=O) groups excluding carboxylic acids is 1. The number of carbonyl (C=O) groups is 1. The zero-order chi connectivity index (χ0) is 21.7. The van der Waals surface area contributed by atoms with Gasteiger partial charge in [0, 0.05) is 25.3 Å². The molecule has 0 bridgehead atoms. The van der Waals surface area contributed by atoms with E-state index in [1.165, 1.54) is 22.5 Å². The highest BCUT2D eigenvalue weighted by atomic mass is 35.5. The van der Waals surface area contributed by atoms with Gasteiger partial charge in [0.1, 0.15) is 5.82 Å². The highest BCUT2D eigenvalue weighted by Crippen LogP contribution is 2.25. The molecule has 30 heavy (non-hydrogen) atoms. The third-order valence-electron chi connectivity index (χ3n) is 5.25. The number of hydrogen-bond acceptors (Lipinski definition) is 3. The molecule has 9 heteroatoms. The molecule has 0 aliphatic carbocycles. The van der Waals surface area contributed by atoms with Crippen LogP contribution < -0.4 is 10.6 Å². The lowest BCUT2D eigenvalue weighted by molar-refractivity contribution is 0.245. The van der Waals surface area contributed by atoms with Crippen molar-refractivity contribution in [2.24, 2.45) is 5.92 Å². The van der Waals surface area contributed by atoms with E-state index < -0.39 is 21.9 Å².